The van der Waals surface area contributed by atoms with Crippen molar-refractivity contribution in [3.05, 3.63) is 12.1 Å². The van der Waals surface area contributed by atoms with Gasteiger partial charge in [0, 0.05) is 7.74 Å². The van der Waals surface area contributed by atoms with Gasteiger partial charge >= 0.3 is 0 Å². The van der Waals surface area contributed by atoms with Crippen molar-refractivity contribution >= 4 is 14.9 Å². The van der Waals surface area contributed by atoms with Crippen molar-refractivity contribution in [1.82, 2.24) is 0 Å². The van der Waals surface area contributed by atoms with E-state index in [1.807, 2.05) is 12.1 Å². The molecule has 6 heavy (non-hydrogen) atoms. The van der Waals surface area contributed by atoms with Gasteiger partial charge in [-0.2, -0.15) is 0 Å². The van der Waals surface area contributed by atoms with E-state index in [2.05, 4.69) is 6.92 Å². The first-order valence-electron chi connectivity index (χ1n) is 2.12. The Morgan fingerprint density at radius 1 is 1.83 bits per heavy atom. The molecule has 0 unspecified atom stereocenters. The summed E-state index contributed by atoms with van der Waals surface area (Å²) in [6.07, 6.45) is 3.06. The molecule has 2 heteroatoms. The average molecular weight is 76.7 g/mol. The largest absolute Gasteiger partial charge is 0.137 e. The maximum absolute atomic E-state index is 5.00. The topological polar surface area (TPSA) is 0 Å². The Morgan fingerprint density at radius 2 is 2.50 bits per heavy atom. The van der Waals surface area contributed by atoms with Gasteiger partial charge in [-0.15, -0.1) is 5.98 Å². The highest BCUT2D eigenvalue weighted by molar-refractivity contribution is 6.92. The second-order valence-electron chi connectivity index (χ2n) is 1.03. The average Bonchev–Trinajstić information content (AvgIpc) is 1.61. The third kappa shape index (κ3) is 3.87. The van der Waals surface area contributed by atoms with Crippen LogP contribution >= 0.6 is 0 Å². The van der Waals surface area contributed by atoms with E-state index in [1.165, 1.54) is 7.17 Å². The molecule has 0 aromatic heterocycles. The zero-order valence-corrected chi connectivity index (χ0v) is 4.02. The molecule has 0 N–H and O–H groups in total. The zero-order chi connectivity index (χ0) is 4.83. The maximum atomic E-state index is 5.00. The molecule has 0 fully saturated rings. The molecule has 0 bridgehead atoms. The second kappa shape index (κ2) is 4.87. The summed E-state index contributed by atoms with van der Waals surface area (Å²) in [6, 6.07) is 0. The maximum Gasteiger partial charge on any atom is 0.0851 e. The summed E-state index contributed by atoms with van der Waals surface area (Å²) in [5.74, 6) is 1.83. The van der Waals surface area contributed by atoms with Crippen LogP contribution in [0.15, 0.2) is 12.1 Å². The number of hydrogen-bond acceptors (Lipinski definition) is 0. The molecule has 0 saturated heterocycles. The molecular weight excluding hydrogens is 69.7 g/mol. The first-order valence-corrected chi connectivity index (χ1v) is 2.12. The third-order valence-corrected chi connectivity index (χ3v) is 0.483. The molecule has 3 radical (unpaired) electrons. The van der Waals surface area contributed by atoms with Crippen molar-refractivity contribution < 1.29 is 0 Å². The Kier molecular flexibility index (Phi) is 4.76. The van der Waals surface area contributed by atoms with Gasteiger partial charge < -0.3 is 0 Å². The van der Waals surface area contributed by atoms with Crippen molar-refractivity contribution in [3.63, 3.8) is 0 Å². The predicted octanol–water partition coefficient (Wildman–Crippen LogP) is 0.698. The fraction of sp³-hybridized carbons (Fsp3) is 0.500. The lowest BCUT2D eigenvalue weighted by molar-refractivity contribution is 1.23. The van der Waals surface area contributed by atoms with Gasteiger partial charge in [-0.25, -0.2) is 0 Å². The second-order valence-corrected chi connectivity index (χ2v) is 1.03. The fourth-order valence-electron chi connectivity index (χ4n) is 0.215. The molecule has 0 aliphatic rings. The van der Waals surface area contributed by atoms with Gasteiger partial charge in [-0.05, 0) is 6.42 Å². The SMILES string of the molecule is [B][B]C=CCC. The Balaban J connectivity index is 2.73. The fourth-order valence-corrected chi connectivity index (χ4v) is 0.215. The van der Waals surface area contributed by atoms with Crippen LogP contribution in [0.5, 0.6) is 0 Å². The summed E-state index contributed by atoms with van der Waals surface area (Å²) in [6.45, 7) is 2.07. The quantitative estimate of drug-likeness (QED) is 0.425. The monoisotopic (exact) mass is 77.1 g/mol. The summed E-state index contributed by atoms with van der Waals surface area (Å²) < 4.78 is 0. The van der Waals surface area contributed by atoms with Gasteiger partial charge in [0.05, 0.1) is 7.17 Å². The van der Waals surface area contributed by atoms with Crippen molar-refractivity contribution in [3.8, 4) is 0 Å². The summed E-state index contributed by atoms with van der Waals surface area (Å²) in [4.78, 5) is 0. The van der Waals surface area contributed by atoms with Crippen LogP contribution in [0.2, 0.25) is 0 Å². The third-order valence-electron chi connectivity index (χ3n) is 0.483. The van der Waals surface area contributed by atoms with Crippen molar-refractivity contribution in [2.75, 3.05) is 0 Å². The van der Waals surface area contributed by atoms with Crippen LogP contribution in [-0.4, -0.2) is 14.9 Å². The van der Waals surface area contributed by atoms with Crippen molar-refractivity contribution in [2.45, 2.75) is 13.3 Å². The van der Waals surface area contributed by atoms with E-state index in [-0.39, 0.29) is 0 Å². The van der Waals surface area contributed by atoms with E-state index in [1.54, 1.807) is 0 Å². The lowest BCUT2D eigenvalue weighted by Crippen LogP contribution is -1.77. The normalized spacial score (nSPS) is 9.50. The highest BCUT2D eigenvalue weighted by Gasteiger charge is 1.62. The molecule has 0 aliphatic carbocycles. The Labute approximate surface area is 41.3 Å². The van der Waals surface area contributed by atoms with E-state index < -0.39 is 0 Å². The Morgan fingerprint density at radius 3 is 2.67 bits per heavy atom. The number of rotatable bonds is 2. The summed E-state index contributed by atoms with van der Waals surface area (Å²) in [5, 5.41) is 0. The molecule has 29 valence electrons. The highest BCUT2D eigenvalue weighted by atomic mass is 13.6. The van der Waals surface area contributed by atoms with Gasteiger partial charge in [0.15, 0.2) is 0 Å². The molecule has 0 aliphatic heterocycles. The summed E-state index contributed by atoms with van der Waals surface area (Å²) in [5.41, 5.74) is 0. The van der Waals surface area contributed by atoms with Gasteiger partial charge in [0.1, 0.15) is 0 Å². The van der Waals surface area contributed by atoms with E-state index in [4.69, 9.17) is 7.74 Å². The minimum atomic E-state index is 1.06. The lowest BCUT2D eigenvalue weighted by atomic mass is 9.56. The van der Waals surface area contributed by atoms with Crippen LogP contribution in [0, 0.1) is 0 Å². The van der Waals surface area contributed by atoms with Gasteiger partial charge in [-0.3, -0.25) is 0 Å². The zero-order valence-electron chi connectivity index (χ0n) is 4.02. The van der Waals surface area contributed by atoms with Crippen molar-refractivity contribution in [2.24, 2.45) is 0 Å². The molecular formula is C4H7B2. The highest BCUT2D eigenvalue weighted by Crippen LogP contribution is 1.73. The van der Waals surface area contributed by atoms with Crippen LogP contribution < -0.4 is 0 Å². The van der Waals surface area contributed by atoms with Crippen LogP contribution in [0.1, 0.15) is 13.3 Å². The van der Waals surface area contributed by atoms with Gasteiger partial charge in [-0.1, -0.05) is 13.0 Å². The first-order chi connectivity index (χ1) is 2.91. The van der Waals surface area contributed by atoms with E-state index in [9.17, 15) is 0 Å². The molecule has 0 rings (SSSR count). The number of allylic oxidation sites excluding steroid dienone is 1. The Bertz CT molecular complexity index is 34.8. The molecule has 0 aromatic rings. The molecule has 0 spiro atoms. The molecule has 0 atom stereocenters. The van der Waals surface area contributed by atoms with Crippen LogP contribution in [0.4, 0.5) is 0 Å². The summed E-state index contributed by atoms with van der Waals surface area (Å²) >= 11 is 0. The molecule has 0 amide bonds. The Hall–Kier alpha value is -0.130. The van der Waals surface area contributed by atoms with Crippen LogP contribution in [0.25, 0.3) is 0 Å². The molecule has 0 nitrogen and oxygen atoms in total. The van der Waals surface area contributed by atoms with Crippen molar-refractivity contribution in [1.29, 1.82) is 0 Å². The van der Waals surface area contributed by atoms with E-state index in [0.29, 0.717) is 0 Å². The molecule has 0 saturated carbocycles. The van der Waals surface area contributed by atoms with Crippen LogP contribution in [0.3, 0.4) is 0 Å². The van der Waals surface area contributed by atoms with E-state index >= 15 is 0 Å². The standard InChI is InChI=1S/C4H7B2/c1-2-3-4-6-5/h3-4H,2H2,1H3. The minimum Gasteiger partial charge on any atom is -0.137 e. The lowest BCUT2D eigenvalue weighted by Gasteiger charge is -1.71. The van der Waals surface area contributed by atoms with E-state index in [0.717, 1.165) is 6.42 Å². The first kappa shape index (κ1) is 5.87. The van der Waals surface area contributed by atoms with Gasteiger partial charge in [0.2, 0.25) is 0 Å². The molecule has 0 heterocycles. The smallest absolute Gasteiger partial charge is 0.0851 e. The molecule has 0 aromatic carbocycles. The van der Waals surface area contributed by atoms with Gasteiger partial charge in [0.25, 0.3) is 0 Å². The predicted molar refractivity (Wildman–Crippen MR) is 30.9 cm³/mol. The minimum absolute atomic E-state index is 1.06. The summed E-state index contributed by atoms with van der Waals surface area (Å²) in [7, 11) is 6.53. The van der Waals surface area contributed by atoms with Crippen LogP contribution in [-0.2, 0) is 0 Å². The number of hydrogen-bond donors (Lipinski definition) is 0.